The number of rotatable bonds is 4. The quantitative estimate of drug-likeness (QED) is 0.838. The molecular weight excluding hydrogens is 288 g/mol. The molecule has 0 aliphatic carbocycles. The average molecular weight is 322 g/mol. The van der Waals surface area contributed by atoms with Crippen LogP contribution in [0.5, 0.6) is 0 Å². The lowest BCUT2D eigenvalue weighted by atomic mass is 9.97. The molecule has 0 spiro atoms. The van der Waals surface area contributed by atoms with Crippen molar-refractivity contribution in [3.8, 4) is 0 Å². The Labute approximate surface area is 141 Å². The fraction of sp³-hybridized carbons (Fsp3) is 0.944. The Bertz CT molecular complexity index is 375. The number of amides is 1. The van der Waals surface area contributed by atoms with Crippen LogP contribution < -0.4 is 5.32 Å². The van der Waals surface area contributed by atoms with E-state index in [0.717, 1.165) is 38.6 Å². The Morgan fingerprint density at radius 3 is 2.35 bits per heavy atom. The summed E-state index contributed by atoms with van der Waals surface area (Å²) in [5.74, 6) is 1.22. The molecule has 3 aliphatic rings. The molecule has 0 radical (unpaired) electrons. The summed E-state index contributed by atoms with van der Waals surface area (Å²) in [6.07, 6.45) is 6.28. The third-order valence-electron chi connectivity index (χ3n) is 5.92. The predicted octanol–water partition coefficient (Wildman–Crippen LogP) is 1.00. The van der Waals surface area contributed by atoms with Crippen molar-refractivity contribution < 1.29 is 4.79 Å². The van der Waals surface area contributed by atoms with E-state index in [4.69, 9.17) is 0 Å². The maximum absolute atomic E-state index is 12.5. The van der Waals surface area contributed by atoms with Crippen molar-refractivity contribution >= 4 is 5.91 Å². The number of nitrogens with one attached hydrogen (secondary N) is 1. The van der Waals surface area contributed by atoms with Gasteiger partial charge in [0.2, 0.25) is 5.91 Å². The number of likely N-dealkylation sites (tertiary alicyclic amines) is 1. The second-order valence-electron chi connectivity index (χ2n) is 7.70. The molecule has 3 heterocycles. The predicted molar refractivity (Wildman–Crippen MR) is 93.5 cm³/mol. The smallest absolute Gasteiger partial charge is 0.236 e. The molecule has 3 fully saturated rings. The highest BCUT2D eigenvalue weighted by atomic mass is 16.2. The molecule has 1 amide bonds. The van der Waals surface area contributed by atoms with Crippen molar-refractivity contribution in [3.05, 3.63) is 0 Å². The number of hydrogen-bond donors (Lipinski definition) is 1. The topological polar surface area (TPSA) is 38.8 Å². The van der Waals surface area contributed by atoms with E-state index in [1.54, 1.807) is 0 Å². The second kappa shape index (κ2) is 8.45. The van der Waals surface area contributed by atoms with Crippen molar-refractivity contribution in [1.29, 1.82) is 0 Å². The van der Waals surface area contributed by atoms with Crippen molar-refractivity contribution in [1.82, 2.24) is 20.0 Å². The Kier molecular flexibility index (Phi) is 6.31. The third kappa shape index (κ3) is 4.91. The first-order chi connectivity index (χ1) is 11.2. The number of nitrogens with zero attached hydrogens (tertiary/aromatic N) is 3. The van der Waals surface area contributed by atoms with Crippen LogP contribution in [0.1, 0.15) is 39.0 Å². The van der Waals surface area contributed by atoms with Crippen molar-refractivity contribution in [2.45, 2.75) is 45.1 Å². The summed E-state index contributed by atoms with van der Waals surface area (Å²) in [7, 11) is 0. The van der Waals surface area contributed by atoms with E-state index in [-0.39, 0.29) is 0 Å². The molecule has 3 aliphatic heterocycles. The van der Waals surface area contributed by atoms with Crippen LogP contribution in [0, 0.1) is 5.92 Å². The molecule has 5 heteroatoms. The van der Waals surface area contributed by atoms with Gasteiger partial charge < -0.3 is 15.1 Å². The Morgan fingerprint density at radius 1 is 0.957 bits per heavy atom. The van der Waals surface area contributed by atoms with Crippen LogP contribution in [0.4, 0.5) is 0 Å². The van der Waals surface area contributed by atoms with Gasteiger partial charge in [0, 0.05) is 45.3 Å². The van der Waals surface area contributed by atoms with E-state index >= 15 is 0 Å². The van der Waals surface area contributed by atoms with Crippen LogP contribution in [0.2, 0.25) is 0 Å². The molecule has 5 nitrogen and oxygen atoms in total. The Balaban J connectivity index is 1.37. The number of carbonyl (C=O) groups excluding carboxylic acids is 1. The molecule has 0 aromatic carbocycles. The van der Waals surface area contributed by atoms with Crippen LogP contribution in [-0.2, 0) is 4.79 Å². The maximum Gasteiger partial charge on any atom is 0.236 e. The van der Waals surface area contributed by atoms with Crippen molar-refractivity contribution in [3.63, 3.8) is 0 Å². The minimum absolute atomic E-state index is 0.351. The zero-order valence-electron chi connectivity index (χ0n) is 14.8. The molecule has 1 N–H and O–H groups in total. The maximum atomic E-state index is 12.5. The standard InChI is InChI=1S/C18H34N4O/c1-16-4-2-3-9-22(16)18(23)15-21-12-10-20(11-13-21)14-17-5-7-19-8-6-17/h16-17,19H,2-15H2,1H3. The fourth-order valence-corrected chi connectivity index (χ4v) is 4.31. The van der Waals surface area contributed by atoms with Gasteiger partial charge in [-0.25, -0.2) is 0 Å². The minimum Gasteiger partial charge on any atom is -0.339 e. The van der Waals surface area contributed by atoms with E-state index < -0.39 is 0 Å². The van der Waals surface area contributed by atoms with Crippen molar-refractivity contribution in [2.24, 2.45) is 5.92 Å². The molecule has 3 rings (SSSR count). The number of carbonyl (C=O) groups is 1. The molecule has 0 aromatic heterocycles. The highest BCUT2D eigenvalue weighted by molar-refractivity contribution is 5.78. The highest BCUT2D eigenvalue weighted by Gasteiger charge is 2.27. The monoisotopic (exact) mass is 322 g/mol. The summed E-state index contributed by atoms with van der Waals surface area (Å²) in [5.41, 5.74) is 0. The average Bonchev–Trinajstić information content (AvgIpc) is 2.58. The Hall–Kier alpha value is -0.650. The lowest BCUT2D eigenvalue weighted by Gasteiger charge is -2.39. The zero-order valence-corrected chi connectivity index (χ0v) is 14.8. The molecule has 0 aromatic rings. The zero-order chi connectivity index (χ0) is 16.1. The van der Waals surface area contributed by atoms with E-state index in [9.17, 15) is 4.79 Å². The van der Waals surface area contributed by atoms with Gasteiger partial charge in [-0.15, -0.1) is 0 Å². The van der Waals surface area contributed by atoms with E-state index in [1.165, 1.54) is 51.7 Å². The van der Waals surface area contributed by atoms with Crippen molar-refractivity contribution in [2.75, 3.05) is 58.9 Å². The molecule has 1 atom stereocenters. The number of hydrogen-bond acceptors (Lipinski definition) is 4. The van der Waals surface area contributed by atoms with Gasteiger partial charge in [-0.2, -0.15) is 0 Å². The molecule has 0 bridgehead atoms. The van der Waals surface area contributed by atoms with Crippen LogP contribution in [0.3, 0.4) is 0 Å². The SMILES string of the molecule is CC1CCCCN1C(=O)CN1CCN(CC2CCNCC2)CC1. The first-order valence-electron chi connectivity index (χ1n) is 9.67. The van der Waals surface area contributed by atoms with E-state index in [2.05, 4.69) is 26.9 Å². The van der Waals surface area contributed by atoms with Crippen LogP contribution >= 0.6 is 0 Å². The molecule has 132 valence electrons. The van der Waals surface area contributed by atoms with Gasteiger partial charge in [0.05, 0.1) is 6.54 Å². The summed E-state index contributed by atoms with van der Waals surface area (Å²) in [4.78, 5) is 19.6. The van der Waals surface area contributed by atoms with Gasteiger partial charge in [0.25, 0.3) is 0 Å². The van der Waals surface area contributed by atoms with Crippen LogP contribution in [-0.4, -0.2) is 85.6 Å². The van der Waals surface area contributed by atoms with Gasteiger partial charge in [0.1, 0.15) is 0 Å². The van der Waals surface area contributed by atoms with Gasteiger partial charge in [-0.1, -0.05) is 0 Å². The van der Waals surface area contributed by atoms with Crippen LogP contribution in [0.15, 0.2) is 0 Å². The second-order valence-corrected chi connectivity index (χ2v) is 7.70. The minimum atomic E-state index is 0.351. The van der Waals surface area contributed by atoms with E-state index in [0.29, 0.717) is 18.5 Å². The first-order valence-corrected chi connectivity index (χ1v) is 9.67. The summed E-state index contributed by atoms with van der Waals surface area (Å²) >= 11 is 0. The molecule has 0 saturated carbocycles. The lowest BCUT2D eigenvalue weighted by molar-refractivity contribution is -0.136. The van der Waals surface area contributed by atoms with Crippen LogP contribution in [0.25, 0.3) is 0 Å². The summed E-state index contributed by atoms with van der Waals surface area (Å²) < 4.78 is 0. The summed E-state index contributed by atoms with van der Waals surface area (Å²) in [5, 5.41) is 3.45. The molecule has 1 unspecified atom stereocenters. The summed E-state index contributed by atoms with van der Waals surface area (Å²) in [6, 6.07) is 0.442. The highest BCUT2D eigenvalue weighted by Crippen LogP contribution is 2.18. The normalized spacial score (nSPS) is 28.9. The lowest BCUT2D eigenvalue weighted by Crippen LogP contribution is -2.52. The molecular formula is C18H34N4O. The van der Waals surface area contributed by atoms with Gasteiger partial charge in [-0.05, 0) is 58.0 Å². The summed E-state index contributed by atoms with van der Waals surface area (Å²) in [6.45, 7) is 11.8. The first kappa shape index (κ1) is 17.2. The van der Waals surface area contributed by atoms with Gasteiger partial charge in [-0.3, -0.25) is 9.69 Å². The van der Waals surface area contributed by atoms with Gasteiger partial charge in [0.15, 0.2) is 0 Å². The van der Waals surface area contributed by atoms with E-state index in [1.807, 2.05) is 0 Å². The Morgan fingerprint density at radius 2 is 1.65 bits per heavy atom. The molecule has 3 saturated heterocycles. The molecule has 23 heavy (non-hydrogen) atoms. The largest absolute Gasteiger partial charge is 0.339 e. The third-order valence-corrected chi connectivity index (χ3v) is 5.92. The number of piperidine rings is 2. The van der Waals surface area contributed by atoms with Gasteiger partial charge >= 0.3 is 0 Å². The number of piperazine rings is 1. The fourth-order valence-electron chi connectivity index (χ4n) is 4.31.